The molecule has 12 heteroatoms. The van der Waals surface area contributed by atoms with Crippen LogP contribution in [0.25, 0.3) is 168 Å². The van der Waals surface area contributed by atoms with Crippen molar-refractivity contribution in [1.29, 1.82) is 0 Å². The summed E-state index contributed by atoms with van der Waals surface area (Å²) in [5.74, 6) is 3.50. The van der Waals surface area contributed by atoms with Crippen LogP contribution in [0.2, 0.25) is 0 Å². The molecule has 6 aromatic heterocycles. The number of benzene rings is 15. The molecule has 0 aliphatic heterocycles. The van der Waals surface area contributed by atoms with E-state index in [0.717, 1.165) is 140 Å². The molecule has 1 fully saturated rings. The van der Waals surface area contributed by atoms with Gasteiger partial charge in [-0.25, -0.2) is 0 Å². The molecule has 0 N–H and O–H groups in total. The molecule has 0 spiro atoms. The first-order valence-electron chi connectivity index (χ1n) is 45.9. The molecule has 15 aromatic carbocycles. The van der Waals surface area contributed by atoms with Crippen LogP contribution >= 0.6 is 0 Å². The van der Waals surface area contributed by atoms with Gasteiger partial charge in [0.2, 0.25) is 35.3 Å². The smallest absolute Gasteiger partial charge is 0.422 e. The SMILES string of the molecule is Cc1ccc(-c2cc(Oc3cccc(-c4[c-]ccc(-c5ccc(-c6ccccc6)cc5)c4)n3)nc(-c3[c-]cccc3)c2)cc1.[Pt+2].[Pt+2].[Pt+2].[c-]1ccccc1-c1cc(-c2ccc(-c3ccccc3)cc2)cc(Oc2cccc(-c3[c-]ccc(-c4ccc(-c5ccccc5)cc4)c3)n2)n1.[c-]1ccccc1-c1cc(-c2ccc(C3CCCCC3)cc2)cc(Oc2cccc(-c3[c-]ccc(-c4ccccc4)c3)n2)n1. The number of hydrogen-bond donors (Lipinski definition) is 0. The quantitative estimate of drug-likeness (QED) is 0.0614. The van der Waals surface area contributed by atoms with E-state index >= 15 is 0 Å². The summed E-state index contributed by atoms with van der Waals surface area (Å²) in [6.45, 7) is 2.09. The van der Waals surface area contributed by atoms with E-state index in [4.69, 9.17) is 44.1 Å². The second-order valence-corrected chi connectivity index (χ2v) is 33.4. The molecule has 139 heavy (non-hydrogen) atoms. The first-order valence-corrected chi connectivity index (χ1v) is 45.9. The Morgan fingerprint density at radius 1 is 0.187 bits per heavy atom. The Bertz CT molecular complexity index is 7600. The molecule has 0 bridgehead atoms. The summed E-state index contributed by atoms with van der Waals surface area (Å²) in [5.41, 5.74) is 33.0. The van der Waals surface area contributed by atoms with Crippen molar-refractivity contribution in [2.75, 3.05) is 0 Å². The second kappa shape index (κ2) is 46.5. The summed E-state index contributed by atoms with van der Waals surface area (Å²) >= 11 is 0. The monoisotopic (exact) mass is 2330 g/mol. The van der Waals surface area contributed by atoms with Crippen LogP contribution in [0.4, 0.5) is 0 Å². The van der Waals surface area contributed by atoms with E-state index in [-0.39, 0.29) is 63.2 Å². The Hall–Kier alpha value is -15.3. The van der Waals surface area contributed by atoms with E-state index in [1.165, 1.54) is 71.0 Å². The zero-order valence-electron chi connectivity index (χ0n) is 75.8. The van der Waals surface area contributed by atoms with Gasteiger partial charge in [-0.3, -0.25) is 29.9 Å². The fourth-order valence-corrected chi connectivity index (χ4v) is 17.0. The topological polar surface area (TPSA) is 105 Å². The number of hydrogen-bond acceptors (Lipinski definition) is 9. The van der Waals surface area contributed by atoms with Crippen LogP contribution in [0, 0.1) is 43.3 Å². The number of nitrogens with zero attached hydrogens (tertiary/aromatic N) is 6. The molecule has 0 atom stereocenters. The molecule has 21 aromatic rings. The Balaban J connectivity index is 0.000000143. The third kappa shape index (κ3) is 24.4. The van der Waals surface area contributed by atoms with Gasteiger partial charge in [0.1, 0.15) is 0 Å². The number of rotatable bonds is 22. The average Bonchev–Trinajstić information content (AvgIpc) is 0.805. The summed E-state index contributed by atoms with van der Waals surface area (Å²) in [6, 6.07) is 176. The number of ether oxygens (including phenoxy) is 3. The Morgan fingerprint density at radius 2 is 0.439 bits per heavy atom. The number of aromatic nitrogens is 6. The molecule has 22 rings (SSSR count). The third-order valence-corrected chi connectivity index (χ3v) is 24.2. The van der Waals surface area contributed by atoms with Gasteiger partial charge in [0.25, 0.3) is 0 Å². The summed E-state index contributed by atoms with van der Waals surface area (Å²) in [5, 5.41) is 0. The zero-order valence-corrected chi connectivity index (χ0v) is 82.7. The van der Waals surface area contributed by atoms with Gasteiger partial charge in [-0.1, -0.05) is 322 Å². The molecule has 1 saturated carbocycles. The minimum Gasteiger partial charge on any atom is -0.422 e. The normalized spacial score (nSPS) is 11.4. The largest absolute Gasteiger partial charge is 2.00 e. The van der Waals surface area contributed by atoms with Gasteiger partial charge >= 0.3 is 63.2 Å². The third-order valence-electron chi connectivity index (χ3n) is 24.2. The van der Waals surface area contributed by atoms with Gasteiger partial charge in [-0.05, 0) is 167 Å². The van der Waals surface area contributed by atoms with E-state index in [1.807, 2.05) is 200 Å². The van der Waals surface area contributed by atoms with Crippen LogP contribution in [-0.4, -0.2) is 29.9 Å². The van der Waals surface area contributed by atoms with Gasteiger partial charge in [0, 0.05) is 18.2 Å². The van der Waals surface area contributed by atoms with Crippen LogP contribution in [0.1, 0.15) is 49.1 Å². The van der Waals surface area contributed by atoms with Gasteiger partial charge < -0.3 is 14.2 Å². The summed E-state index contributed by atoms with van der Waals surface area (Å²) < 4.78 is 19.0. The summed E-state index contributed by atoms with van der Waals surface area (Å²) in [4.78, 5) is 29.1. The van der Waals surface area contributed by atoms with Crippen LogP contribution in [0.15, 0.2) is 461 Å². The minimum atomic E-state index is 0. The van der Waals surface area contributed by atoms with Crippen molar-refractivity contribution < 1.29 is 77.4 Å². The fourth-order valence-electron chi connectivity index (χ4n) is 17.0. The first kappa shape index (κ1) is 95.4. The van der Waals surface area contributed by atoms with Crippen molar-refractivity contribution in [2.24, 2.45) is 0 Å². The van der Waals surface area contributed by atoms with Gasteiger partial charge in [0.05, 0.1) is 0 Å². The number of pyridine rings is 6. The summed E-state index contributed by atoms with van der Waals surface area (Å²) in [6.07, 6.45) is 6.62. The van der Waals surface area contributed by atoms with Gasteiger partial charge in [0.15, 0.2) is 0 Å². The van der Waals surface area contributed by atoms with Gasteiger partial charge in [-0.2, -0.15) is 0 Å². The molecule has 9 nitrogen and oxygen atoms in total. The Kier molecular flexibility index (Phi) is 31.9. The molecule has 0 saturated heterocycles. The standard InChI is InChI=1S/C46H30N2O.C41H28N2O.C40H32N2O.3Pt/c1-4-12-33(13-5-1)35-22-26-37(27-23-35)40-18-10-19-41(30-40)43-20-11-21-45(47-43)49-46-32-42(31-44(48-46)39-16-8-3-9-17-39)38-28-24-36(25-29-38)34-14-6-2-7-15-34;1-29-18-20-33(21-19-29)37-27-39(34-12-6-3-7-13-34)43-41(28-37)44-40-17-9-16-38(42-40)36-15-8-14-35(26-36)32-24-22-31(23-25-32)30-10-4-2-5-11-30;1-4-12-29(13-5-1)31-22-24-32(25-23-31)36-27-38(33-16-8-3-9-17-33)42-40(28-36)43-39-21-11-20-37(41-39)35-19-10-18-34(26-35)30-14-6-2-7-15-30;;;/h1-16,18,20-32H;2-12,14,16-28H,1H3;2-3,6-11,14-16,18,20-29H,1,4-5,12-13H2;;;/q3*-2;3*+2. The van der Waals surface area contributed by atoms with Crippen molar-refractivity contribution in [3.8, 4) is 203 Å². The van der Waals surface area contributed by atoms with E-state index in [1.54, 1.807) is 0 Å². The minimum absolute atomic E-state index is 0. The van der Waals surface area contributed by atoms with Crippen LogP contribution in [0.5, 0.6) is 35.3 Å². The maximum absolute atomic E-state index is 6.38. The maximum Gasteiger partial charge on any atom is 2.00 e. The van der Waals surface area contributed by atoms with E-state index in [0.29, 0.717) is 41.2 Å². The van der Waals surface area contributed by atoms with Crippen LogP contribution in [0.3, 0.4) is 0 Å². The molecular weight excluding hydrogens is 2240 g/mol. The zero-order chi connectivity index (χ0) is 91.4. The van der Waals surface area contributed by atoms with Crippen molar-refractivity contribution in [3.63, 3.8) is 0 Å². The molecule has 0 unspecified atom stereocenters. The molecule has 0 radical (unpaired) electrons. The summed E-state index contributed by atoms with van der Waals surface area (Å²) in [7, 11) is 0. The van der Waals surface area contributed by atoms with Crippen molar-refractivity contribution in [1.82, 2.24) is 29.9 Å². The average molecular weight is 2330 g/mol. The van der Waals surface area contributed by atoms with Crippen molar-refractivity contribution in [2.45, 2.75) is 44.9 Å². The van der Waals surface area contributed by atoms with Crippen molar-refractivity contribution >= 4 is 0 Å². The van der Waals surface area contributed by atoms with E-state index in [2.05, 4.69) is 304 Å². The van der Waals surface area contributed by atoms with Crippen LogP contribution < -0.4 is 14.2 Å². The Morgan fingerprint density at radius 3 is 0.741 bits per heavy atom. The predicted octanol–water partition coefficient (Wildman–Crippen LogP) is 33.0. The van der Waals surface area contributed by atoms with Gasteiger partial charge in [-0.15, -0.1) is 214 Å². The second-order valence-electron chi connectivity index (χ2n) is 33.4. The molecule has 1 aliphatic rings. The first-order chi connectivity index (χ1) is 67.2. The van der Waals surface area contributed by atoms with Crippen LogP contribution in [-0.2, 0) is 63.2 Å². The fraction of sp³-hybridized carbons (Fsp3) is 0.0551. The van der Waals surface area contributed by atoms with Crippen molar-refractivity contribution in [3.05, 3.63) is 509 Å². The molecule has 1 aliphatic carbocycles. The maximum atomic E-state index is 6.38. The molecule has 0 amide bonds. The predicted molar refractivity (Wildman–Crippen MR) is 551 cm³/mol. The van der Waals surface area contributed by atoms with E-state index < -0.39 is 0 Å². The molecule has 6 heterocycles. The van der Waals surface area contributed by atoms with E-state index in [9.17, 15) is 0 Å². The molecular formula is C127H90N6O3Pt3. The molecule has 676 valence electrons. The number of aryl methyl sites for hydroxylation is 1. The Labute approximate surface area is 856 Å².